The molecule has 6 nitrogen and oxygen atoms in total. The molecule has 1 aliphatic rings. The largest absolute Gasteiger partial charge is 0.507 e. The van der Waals surface area contributed by atoms with Crippen molar-refractivity contribution in [3.8, 4) is 5.75 Å². The summed E-state index contributed by atoms with van der Waals surface area (Å²) in [5.74, 6) is -0.979. The summed E-state index contributed by atoms with van der Waals surface area (Å²) < 4.78 is 0. The SMILES string of the molecule is CCCCCCCCC1CC(=O)N(NC(=O)CCc2cc(C(C)(C)C)c(O)c(C(C)(C)C)c2)C1=O. The molecule has 0 aromatic heterocycles. The molecule has 1 fully saturated rings. The second-order valence-corrected chi connectivity index (χ2v) is 12.1. The minimum Gasteiger partial charge on any atom is -0.507 e. The first-order valence-electron chi connectivity index (χ1n) is 13.3. The molecule has 0 saturated carbocycles. The Morgan fingerprint density at radius 1 is 0.971 bits per heavy atom. The molecule has 1 aliphatic heterocycles. The van der Waals surface area contributed by atoms with Crippen LogP contribution in [0.1, 0.15) is 123 Å². The standard InChI is InChI=1S/C29H46N2O4/c1-8-9-10-11-12-13-14-21-19-25(33)31(27(21)35)30-24(32)16-15-20-17-22(28(2,3)4)26(34)23(18-20)29(5,6)7/h17-18,21,34H,8-16,19H2,1-7H3,(H,30,32). The number of aryl methyl sites for hydroxylation is 1. The number of benzene rings is 1. The number of rotatable bonds is 11. The van der Waals surface area contributed by atoms with Gasteiger partial charge in [-0.25, -0.2) is 0 Å². The first kappa shape index (κ1) is 28.9. The minimum absolute atomic E-state index is 0.150. The van der Waals surface area contributed by atoms with Gasteiger partial charge in [0, 0.05) is 18.8 Å². The Labute approximate surface area is 211 Å². The van der Waals surface area contributed by atoms with Crippen molar-refractivity contribution in [3.63, 3.8) is 0 Å². The molecule has 1 heterocycles. The first-order valence-corrected chi connectivity index (χ1v) is 13.3. The van der Waals surface area contributed by atoms with Gasteiger partial charge >= 0.3 is 0 Å². The van der Waals surface area contributed by atoms with E-state index >= 15 is 0 Å². The highest BCUT2D eigenvalue weighted by Crippen LogP contribution is 2.40. The summed E-state index contributed by atoms with van der Waals surface area (Å²) in [6, 6.07) is 3.92. The molecule has 1 unspecified atom stereocenters. The van der Waals surface area contributed by atoms with E-state index in [-0.39, 0.29) is 47.3 Å². The van der Waals surface area contributed by atoms with Crippen molar-refractivity contribution in [2.45, 2.75) is 124 Å². The van der Waals surface area contributed by atoms with Crippen LogP contribution >= 0.6 is 0 Å². The molecular weight excluding hydrogens is 440 g/mol. The van der Waals surface area contributed by atoms with Gasteiger partial charge in [-0.05, 0) is 40.4 Å². The van der Waals surface area contributed by atoms with Crippen LogP contribution in [0, 0.1) is 5.92 Å². The van der Waals surface area contributed by atoms with Crippen LogP contribution in [0.2, 0.25) is 0 Å². The summed E-state index contributed by atoms with van der Waals surface area (Å²) >= 11 is 0. The van der Waals surface area contributed by atoms with Crippen LogP contribution in [0.5, 0.6) is 5.75 Å². The van der Waals surface area contributed by atoms with E-state index in [4.69, 9.17) is 0 Å². The van der Waals surface area contributed by atoms with Gasteiger partial charge in [-0.2, -0.15) is 5.01 Å². The molecule has 35 heavy (non-hydrogen) atoms. The van der Waals surface area contributed by atoms with E-state index in [1.165, 1.54) is 19.3 Å². The lowest BCUT2D eigenvalue weighted by Crippen LogP contribution is -2.46. The van der Waals surface area contributed by atoms with Gasteiger partial charge in [-0.1, -0.05) is 99.1 Å². The van der Waals surface area contributed by atoms with Crippen molar-refractivity contribution in [1.82, 2.24) is 10.4 Å². The highest BCUT2D eigenvalue weighted by molar-refractivity contribution is 6.04. The smallest absolute Gasteiger partial charge is 0.251 e. The number of hydrogen-bond donors (Lipinski definition) is 2. The van der Waals surface area contributed by atoms with Crippen molar-refractivity contribution in [3.05, 3.63) is 28.8 Å². The fourth-order valence-corrected chi connectivity index (χ4v) is 4.63. The summed E-state index contributed by atoms with van der Waals surface area (Å²) in [6.45, 7) is 14.5. The average molecular weight is 487 g/mol. The summed E-state index contributed by atoms with van der Waals surface area (Å²) in [4.78, 5) is 37.7. The molecule has 2 N–H and O–H groups in total. The third-order valence-corrected chi connectivity index (χ3v) is 6.81. The number of carbonyl (C=O) groups is 3. The third kappa shape index (κ3) is 8.08. The highest BCUT2D eigenvalue weighted by atomic mass is 16.3. The van der Waals surface area contributed by atoms with Crippen molar-refractivity contribution in [1.29, 1.82) is 0 Å². The lowest BCUT2D eigenvalue weighted by Gasteiger charge is -2.28. The molecule has 6 heteroatoms. The molecule has 1 atom stereocenters. The molecule has 1 saturated heterocycles. The lowest BCUT2D eigenvalue weighted by molar-refractivity contribution is -0.148. The topological polar surface area (TPSA) is 86.7 Å². The van der Waals surface area contributed by atoms with E-state index in [1.54, 1.807) is 0 Å². The highest BCUT2D eigenvalue weighted by Gasteiger charge is 2.39. The zero-order valence-electron chi connectivity index (χ0n) is 22.9. The van der Waals surface area contributed by atoms with E-state index in [9.17, 15) is 19.5 Å². The molecule has 0 radical (unpaired) electrons. The van der Waals surface area contributed by atoms with Crippen molar-refractivity contribution < 1.29 is 19.5 Å². The van der Waals surface area contributed by atoms with E-state index < -0.39 is 0 Å². The van der Waals surface area contributed by atoms with E-state index in [1.807, 2.05) is 12.1 Å². The molecule has 1 aromatic rings. The number of aromatic hydroxyl groups is 1. The number of phenols is 1. The summed E-state index contributed by atoms with van der Waals surface area (Å²) in [5, 5.41) is 11.8. The zero-order valence-corrected chi connectivity index (χ0v) is 22.9. The van der Waals surface area contributed by atoms with E-state index in [0.717, 1.165) is 41.0 Å². The third-order valence-electron chi connectivity index (χ3n) is 6.81. The predicted molar refractivity (Wildman–Crippen MR) is 140 cm³/mol. The molecule has 0 bridgehead atoms. The van der Waals surface area contributed by atoms with Gasteiger partial charge in [0.15, 0.2) is 0 Å². The number of hydrogen-bond acceptors (Lipinski definition) is 4. The quantitative estimate of drug-likeness (QED) is 0.293. The Morgan fingerprint density at radius 2 is 1.51 bits per heavy atom. The summed E-state index contributed by atoms with van der Waals surface area (Å²) in [5.41, 5.74) is 4.70. The number of hydrazine groups is 1. The van der Waals surface area contributed by atoms with Crippen LogP contribution in [0.3, 0.4) is 0 Å². The van der Waals surface area contributed by atoms with Crippen LogP contribution in [-0.4, -0.2) is 27.8 Å². The number of nitrogens with one attached hydrogen (secondary N) is 1. The number of phenolic OH excluding ortho intramolecular Hbond substituents is 1. The molecule has 3 amide bonds. The Hall–Kier alpha value is -2.37. The number of amides is 3. The van der Waals surface area contributed by atoms with Crippen LogP contribution in [-0.2, 0) is 31.6 Å². The average Bonchev–Trinajstić information content (AvgIpc) is 3.01. The van der Waals surface area contributed by atoms with Gasteiger partial charge in [-0.15, -0.1) is 0 Å². The Morgan fingerprint density at radius 3 is 2.06 bits per heavy atom. The van der Waals surface area contributed by atoms with Gasteiger partial charge in [0.2, 0.25) is 11.8 Å². The molecule has 2 rings (SSSR count). The van der Waals surface area contributed by atoms with Gasteiger partial charge in [0.1, 0.15) is 5.75 Å². The van der Waals surface area contributed by atoms with Gasteiger partial charge in [0.05, 0.1) is 0 Å². The number of imide groups is 1. The summed E-state index contributed by atoms with van der Waals surface area (Å²) in [7, 11) is 0. The fourth-order valence-electron chi connectivity index (χ4n) is 4.63. The Bertz CT molecular complexity index is 873. The van der Waals surface area contributed by atoms with Gasteiger partial charge in [0.25, 0.3) is 5.91 Å². The maximum absolute atomic E-state index is 12.7. The molecule has 0 aliphatic carbocycles. The van der Waals surface area contributed by atoms with E-state index in [0.29, 0.717) is 18.6 Å². The minimum atomic E-state index is -0.352. The molecule has 1 aromatic carbocycles. The van der Waals surface area contributed by atoms with Gasteiger partial charge in [-0.3, -0.25) is 19.8 Å². The van der Waals surface area contributed by atoms with Crippen molar-refractivity contribution in [2.24, 2.45) is 5.92 Å². The predicted octanol–water partition coefficient (Wildman–Crippen LogP) is 6.08. The van der Waals surface area contributed by atoms with Crippen LogP contribution in [0.25, 0.3) is 0 Å². The first-order chi connectivity index (χ1) is 16.3. The van der Waals surface area contributed by atoms with Crippen LogP contribution < -0.4 is 5.43 Å². The van der Waals surface area contributed by atoms with E-state index in [2.05, 4.69) is 53.9 Å². The fraction of sp³-hybridized carbons (Fsp3) is 0.690. The van der Waals surface area contributed by atoms with Crippen LogP contribution in [0.4, 0.5) is 0 Å². The Balaban J connectivity index is 1.97. The Kier molecular flexibility index (Phi) is 9.94. The van der Waals surface area contributed by atoms with Crippen molar-refractivity contribution >= 4 is 17.7 Å². The number of unbranched alkanes of at least 4 members (excludes halogenated alkanes) is 5. The van der Waals surface area contributed by atoms with Gasteiger partial charge < -0.3 is 5.11 Å². The summed E-state index contributed by atoms with van der Waals surface area (Å²) in [6.07, 6.45) is 8.29. The molecule has 0 spiro atoms. The second kappa shape index (κ2) is 12.0. The molecule has 196 valence electrons. The van der Waals surface area contributed by atoms with Crippen LogP contribution in [0.15, 0.2) is 12.1 Å². The maximum Gasteiger partial charge on any atom is 0.251 e. The van der Waals surface area contributed by atoms with Crippen molar-refractivity contribution in [2.75, 3.05) is 0 Å². The second-order valence-electron chi connectivity index (χ2n) is 12.1. The zero-order chi connectivity index (χ0) is 26.4. The number of carbonyl (C=O) groups excluding carboxylic acids is 3. The lowest BCUT2D eigenvalue weighted by atomic mass is 9.78. The monoisotopic (exact) mass is 486 g/mol. The molecular formula is C29H46N2O4. The maximum atomic E-state index is 12.7. The normalized spacial score (nSPS) is 16.8. The number of nitrogens with zero attached hydrogens (tertiary/aromatic N) is 1.